The van der Waals surface area contributed by atoms with Crippen molar-refractivity contribution >= 4 is 11.6 Å². The number of Topliss-reactive ketones (excluding diaryl/α,β-unsaturated/α-hetero) is 1. The van der Waals surface area contributed by atoms with E-state index in [1.165, 1.54) is 0 Å². The van der Waals surface area contributed by atoms with Gasteiger partial charge in [-0.2, -0.15) is 0 Å². The number of nitrogens with zero attached hydrogens (tertiary/aromatic N) is 1. The first-order chi connectivity index (χ1) is 7.30. The van der Waals surface area contributed by atoms with Crippen LogP contribution >= 0.6 is 0 Å². The van der Waals surface area contributed by atoms with Crippen molar-refractivity contribution in [3.05, 3.63) is 23.9 Å². The molecule has 1 aromatic heterocycles. The number of pyridine rings is 1. The standard InChI is InChI=1S/C12H19N3O/c1-12(2,3)11(14)9(16)6-8-4-5-15-10(13)7-8/h4-5,7,11H,6,14H2,1-3H3,(H2,13,15). The van der Waals surface area contributed by atoms with Gasteiger partial charge in [-0.25, -0.2) is 4.98 Å². The molecule has 4 nitrogen and oxygen atoms in total. The van der Waals surface area contributed by atoms with Gasteiger partial charge in [-0.3, -0.25) is 4.79 Å². The second-order valence-electron chi connectivity index (χ2n) is 5.08. The summed E-state index contributed by atoms with van der Waals surface area (Å²) in [5.41, 5.74) is 12.1. The number of nitrogens with two attached hydrogens (primary N) is 2. The van der Waals surface area contributed by atoms with Crippen molar-refractivity contribution in [2.45, 2.75) is 33.2 Å². The molecule has 1 rings (SSSR count). The third-order valence-electron chi connectivity index (χ3n) is 2.50. The zero-order chi connectivity index (χ0) is 12.3. The van der Waals surface area contributed by atoms with Gasteiger partial charge in [-0.05, 0) is 23.1 Å². The van der Waals surface area contributed by atoms with Gasteiger partial charge in [0.2, 0.25) is 0 Å². The van der Waals surface area contributed by atoms with Gasteiger partial charge < -0.3 is 11.5 Å². The van der Waals surface area contributed by atoms with Gasteiger partial charge in [-0.15, -0.1) is 0 Å². The predicted molar refractivity (Wildman–Crippen MR) is 64.8 cm³/mol. The summed E-state index contributed by atoms with van der Waals surface area (Å²) in [5, 5.41) is 0. The number of aromatic nitrogens is 1. The predicted octanol–water partition coefficient (Wildman–Crippen LogP) is 1.15. The maximum atomic E-state index is 11.9. The largest absolute Gasteiger partial charge is 0.384 e. The third-order valence-corrected chi connectivity index (χ3v) is 2.50. The maximum absolute atomic E-state index is 11.9. The molecule has 88 valence electrons. The minimum absolute atomic E-state index is 0.0260. The fourth-order valence-corrected chi connectivity index (χ4v) is 1.40. The van der Waals surface area contributed by atoms with Crippen LogP contribution < -0.4 is 11.5 Å². The molecule has 1 atom stereocenters. The van der Waals surface area contributed by atoms with E-state index in [2.05, 4.69) is 4.98 Å². The van der Waals surface area contributed by atoms with Gasteiger partial charge in [0.25, 0.3) is 0 Å². The summed E-state index contributed by atoms with van der Waals surface area (Å²) in [6.45, 7) is 5.86. The van der Waals surface area contributed by atoms with Crippen molar-refractivity contribution in [3.8, 4) is 0 Å². The Balaban J connectivity index is 2.72. The van der Waals surface area contributed by atoms with E-state index in [-0.39, 0.29) is 11.2 Å². The molecule has 0 fully saturated rings. The quantitative estimate of drug-likeness (QED) is 0.802. The molecule has 0 aliphatic carbocycles. The van der Waals surface area contributed by atoms with E-state index in [1.54, 1.807) is 18.3 Å². The molecule has 0 radical (unpaired) electrons. The highest BCUT2D eigenvalue weighted by molar-refractivity contribution is 5.86. The highest BCUT2D eigenvalue weighted by Crippen LogP contribution is 2.19. The number of anilines is 1. The number of hydrogen-bond acceptors (Lipinski definition) is 4. The number of carbonyl (C=O) groups is 1. The smallest absolute Gasteiger partial charge is 0.154 e. The van der Waals surface area contributed by atoms with E-state index in [4.69, 9.17) is 11.5 Å². The van der Waals surface area contributed by atoms with Crippen molar-refractivity contribution in [3.63, 3.8) is 0 Å². The van der Waals surface area contributed by atoms with Gasteiger partial charge in [0.05, 0.1) is 6.04 Å². The molecule has 0 amide bonds. The van der Waals surface area contributed by atoms with Crippen LogP contribution in [0.3, 0.4) is 0 Å². The number of carbonyl (C=O) groups excluding carboxylic acids is 1. The SMILES string of the molecule is CC(C)(C)C(N)C(=O)Cc1ccnc(N)c1. The van der Waals surface area contributed by atoms with Crippen LogP contribution in [-0.2, 0) is 11.2 Å². The van der Waals surface area contributed by atoms with Gasteiger partial charge in [0.15, 0.2) is 5.78 Å². The normalized spacial score (nSPS) is 13.5. The van der Waals surface area contributed by atoms with E-state index < -0.39 is 6.04 Å². The van der Waals surface area contributed by atoms with Crippen molar-refractivity contribution in [2.24, 2.45) is 11.1 Å². The monoisotopic (exact) mass is 221 g/mol. The molecule has 4 heteroatoms. The molecule has 0 spiro atoms. The lowest BCUT2D eigenvalue weighted by atomic mass is 9.83. The average molecular weight is 221 g/mol. The van der Waals surface area contributed by atoms with Crippen molar-refractivity contribution in [1.82, 2.24) is 4.98 Å². The van der Waals surface area contributed by atoms with Crippen LogP contribution in [0, 0.1) is 5.41 Å². The fraction of sp³-hybridized carbons (Fsp3) is 0.500. The molecular formula is C12H19N3O. The second-order valence-corrected chi connectivity index (χ2v) is 5.08. The van der Waals surface area contributed by atoms with Gasteiger partial charge in [0, 0.05) is 12.6 Å². The molecular weight excluding hydrogens is 202 g/mol. The Morgan fingerprint density at radius 1 is 1.50 bits per heavy atom. The molecule has 0 saturated heterocycles. The van der Waals surface area contributed by atoms with E-state index in [0.717, 1.165) is 5.56 Å². The summed E-state index contributed by atoms with van der Waals surface area (Å²) in [6.07, 6.45) is 1.91. The summed E-state index contributed by atoms with van der Waals surface area (Å²) < 4.78 is 0. The van der Waals surface area contributed by atoms with Crippen molar-refractivity contribution < 1.29 is 4.79 Å². The van der Waals surface area contributed by atoms with E-state index in [0.29, 0.717) is 12.2 Å². The number of rotatable bonds is 3. The Hall–Kier alpha value is -1.42. The highest BCUT2D eigenvalue weighted by Gasteiger charge is 2.27. The molecule has 16 heavy (non-hydrogen) atoms. The molecule has 4 N–H and O–H groups in total. The van der Waals surface area contributed by atoms with Crippen LogP contribution in [0.2, 0.25) is 0 Å². The van der Waals surface area contributed by atoms with Crippen LogP contribution in [0.4, 0.5) is 5.82 Å². The molecule has 1 unspecified atom stereocenters. The van der Waals surface area contributed by atoms with E-state index in [1.807, 2.05) is 20.8 Å². The first-order valence-electron chi connectivity index (χ1n) is 5.29. The molecule has 1 heterocycles. The Morgan fingerprint density at radius 3 is 2.62 bits per heavy atom. The Kier molecular flexibility index (Phi) is 3.65. The molecule has 0 aliphatic heterocycles. The minimum atomic E-state index is -0.457. The molecule has 0 bridgehead atoms. The van der Waals surface area contributed by atoms with Crippen LogP contribution in [-0.4, -0.2) is 16.8 Å². The summed E-state index contributed by atoms with van der Waals surface area (Å²) in [6, 6.07) is 3.03. The number of nitrogen functional groups attached to an aromatic ring is 1. The van der Waals surface area contributed by atoms with Crippen molar-refractivity contribution in [1.29, 1.82) is 0 Å². The number of hydrogen-bond donors (Lipinski definition) is 2. The minimum Gasteiger partial charge on any atom is -0.384 e. The lowest BCUT2D eigenvalue weighted by Gasteiger charge is -2.25. The van der Waals surface area contributed by atoms with Gasteiger partial charge in [-0.1, -0.05) is 20.8 Å². The maximum Gasteiger partial charge on any atom is 0.154 e. The Labute approximate surface area is 96.0 Å². The molecule has 0 aromatic carbocycles. The first-order valence-corrected chi connectivity index (χ1v) is 5.29. The van der Waals surface area contributed by atoms with Crippen LogP contribution in [0.1, 0.15) is 26.3 Å². The zero-order valence-corrected chi connectivity index (χ0v) is 10.0. The fourth-order valence-electron chi connectivity index (χ4n) is 1.40. The highest BCUT2D eigenvalue weighted by atomic mass is 16.1. The van der Waals surface area contributed by atoms with Crippen LogP contribution in [0.5, 0.6) is 0 Å². The molecule has 1 aromatic rings. The second kappa shape index (κ2) is 4.61. The lowest BCUT2D eigenvalue weighted by Crippen LogP contribution is -2.43. The van der Waals surface area contributed by atoms with Crippen LogP contribution in [0.15, 0.2) is 18.3 Å². The summed E-state index contributed by atoms with van der Waals surface area (Å²) in [5.74, 6) is 0.452. The Bertz CT molecular complexity index is 382. The van der Waals surface area contributed by atoms with Crippen molar-refractivity contribution in [2.75, 3.05) is 5.73 Å². The first kappa shape index (κ1) is 12.6. The van der Waals surface area contributed by atoms with Gasteiger partial charge >= 0.3 is 0 Å². The summed E-state index contributed by atoms with van der Waals surface area (Å²) in [7, 11) is 0. The summed E-state index contributed by atoms with van der Waals surface area (Å²) in [4.78, 5) is 15.8. The van der Waals surface area contributed by atoms with E-state index in [9.17, 15) is 4.79 Å². The lowest BCUT2D eigenvalue weighted by molar-refractivity contribution is -0.121. The van der Waals surface area contributed by atoms with Gasteiger partial charge in [0.1, 0.15) is 5.82 Å². The molecule has 0 saturated carbocycles. The summed E-state index contributed by atoms with van der Waals surface area (Å²) >= 11 is 0. The molecule has 0 aliphatic rings. The Morgan fingerprint density at radius 2 is 2.12 bits per heavy atom. The topological polar surface area (TPSA) is 82.0 Å². The third kappa shape index (κ3) is 3.31. The van der Waals surface area contributed by atoms with Crippen LogP contribution in [0.25, 0.3) is 0 Å². The van der Waals surface area contributed by atoms with E-state index >= 15 is 0 Å². The average Bonchev–Trinajstić information content (AvgIpc) is 2.15. The zero-order valence-electron chi connectivity index (χ0n) is 10.0. The number of ketones is 1.